The fourth-order valence-electron chi connectivity index (χ4n) is 3.06. The number of aromatic amines is 2. The van der Waals surface area contributed by atoms with E-state index < -0.39 is 53.7 Å². The molecule has 0 spiro atoms. The Hall–Kier alpha value is -3.48. The van der Waals surface area contributed by atoms with Gasteiger partial charge in [0.15, 0.2) is 24.0 Å². The fraction of sp³-hybridized carbons (Fsp3) is 0.500. The Bertz CT molecular complexity index is 1070. The maximum absolute atomic E-state index is 11.9. The van der Waals surface area contributed by atoms with Gasteiger partial charge in [-0.3, -0.25) is 33.7 Å². The summed E-state index contributed by atoms with van der Waals surface area (Å²) in [6.07, 6.45) is -3.20. The van der Waals surface area contributed by atoms with Crippen LogP contribution in [0.2, 0.25) is 0 Å². The van der Waals surface area contributed by atoms with E-state index in [1.54, 1.807) is 0 Å². The van der Waals surface area contributed by atoms with Gasteiger partial charge in [-0.2, -0.15) is 0 Å². The van der Waals surface area contributed by atoms with Crippen molar-refractivity contribution in [3.8, 4) is 0 Å². The molecule has 2 N–H and O–H groups in total. The van der Waals surface area contributed by atoms with Crippen molar-refractivity contribution in [2.75, 3.05) is 6.61 Å². The van der Waals surface area contributed by atoms with Crippen LogP contribution in [0.15, 0.2) is 15.9 Å². The van der Waals surface area contributed by atoms with Crippen LogP contribution < -0.4 is 11.2 Å². The van der Waals surface area contributed by atoms with Crippen LogP contribution in [0.3, 0.4) is 0 Å². The summed E-state index contributed by atoms with van der Waals surface area (Å²) in [6.45, 7) is 3.22. The van der Waals surface area contributed by atoms with Crippen molar-refractivity contribution in [3.05, 3.63) is 27.2 Å². The third kappa shape index (κ3) is 4.18. The SMILES string of the molecule is CC(=O)OC[C@@H]1O[C@@H](n2cnc3c(=O)[nH]c(=O)[nH]c32)[C@@H](OC(C)=O)[C@@H]1OC(C)=O. The van der Waals surface area contributed by atoms with Crippen LogP contribution in [0.4, 0.5) is 0 Å². The molecule has 1 aliphatic heterocycles. The molecular weight excluding hydrogens is 392 g/mol. The third-order valence-corrected chi connectivity index (χ3v) is 4.08. The molecule has 156 valence electrons. The zero-order chi connectivity index (χ0) is 21.3. The van der Waals surface area contributed by atoms with Crippen molar-refractivity contribution in [1.29, 1.82) is 0 Å². The van der Waals surface area contributed by atoms with E-state index >= 15 is 0 Å². The lowest BCUT2D eigenvalue weighted by Gasteiger charge is -2.23. The van der Waals surface area contributed by atoms with Gasteiger partial charge in [-0.1, -0.05) is 0 Å². The third-order valence-electron chi connectivity index (χ3n) is 4.08. The zero-order valence-corrected chi connectivity index (χ0v) is 15.7. The van der Waals surface area contributed by atoms with E-state index in [0.29, 0.717) is 0 Å². The smallest absolute Gasteiger partial charge is 0.327 e. The first kappa shape index (κ1) is 20.3. The van der Waals surface area contributed by atoms with Gasteiger partial charge in [0.1, 0.15) is 18.4 Å². The number of nitrogens with one attached hydrogen (secondary N) is 2. The maximum atomic E-state index is 11.9. The molecule has 0 aromatic carbocycles. The lowest BCUT2D eigenvalue weighted by Crippen LogP contribution is -2.40. The Morgan fingerprint density at radius 2 is 1.72 bits per heavy atom. The molecular formula is C16H18N4O9. The minimum Gasteiger partial charge on any atom is -0.463 e. The van der Waals surface area contributed by atoms with Gasteiger partial charge >= 0.3 is 23.6 Å². The average Bonchev–Trinajstić information content (AvgIpc) is 3.15. The molecule has 0 bridgehead atoms. The minimum atomic E-state index is -1.17. The first-order chi connectivity index (χ1) is 13.7. The van der Waals surface area contributed by atoms with E-state index in [2.05, 4.69) is 9.97 Å². The molecule has 0 saturated carbocycles. The van der Waals surface area contributed by atoms with Crippen LogP contribution in [0.25, 0.3) is 11.2 Å². The van der Waals surface area contributed by atoms with E-state index in [0.717, 1.165) is 13.8 Å². The number of ether oxygens (including phenoxy) is 4. The van der Waals surface area contributed by atoms with Gasteiger partial charge in [0.25, 0.3) is 5.56 Å². The number of esters is 3. The molecule has 3 rings (SSSR count). The zero-order valence-electron chi connectivity index (χ0n) is 15.7. The molecule has 1 fully saturated rings. The molecule has 0 radical (unpaired) electrons. The Morgan fingerprint density at radius 3 is 2.34 bits per heavy atom. The van der Waals surface area contributed by atoms with Crippen molar-refractivity contribution in [2.24, 2.45) is 0 Å². The molecule has 3 heterocycles. The van der Waals surface area contributed by atoms with Gasteiger partial charge in [0, 0.05) is 20.8 Å². The van der Waals surface area contributed by atoms with Crippen LogP contribution in [-0.2, 0) is 33.3 Å². The Morgan fingerprint density at radius 1 is 1.07 bits per heavy atom. The highest BCUT2D eigenvalue weighted by molar-refractivity contribution is 5.70. The molecule has 4 atom stereocenters. The maximum Gasteiger partial charge on any atom is 0.327 e. The summed E-state index contributed by atoms with van der Waals surface area (Å²) < 4.78 is 22.6. The second-order valence-electron chi connectivity index (χ2n) is 6.27. The summed E-state index contributed by atoms with van der Waals surface area (Å²) in [5, 5.41) is 0. The summed E-state index contributed by atoms with van der Waals surface area (Å²) in [4.78, 5) is 66.4. The second-order valence-corrected chi connectivity index (χ2v) is 6.27. The highest BCUT2D eigenvalue weighted by Crippen LogP contribution is 2.35. The lowest BCUT2D eigenvalue weighted by molar-refractivity contribution is -0.166. The van der Waals surface area contributed by atoms with Gasteiger partial charge in [0.05, 0.1) is 6.33 Å². The summed E-state index contributed by atoms with van der Waals surface area (Å²) >= 11 is 0. The first-order valence-corrected chi connectivity index (χ1v) is 8.49. The van der Waals surface area contributed by atoms with Gasteiger partial charge in [0.2, 0.25) is 0 Å². The molecule has 0 amide bonds. The number of imidazole rings is 1. The van der Waals surface area contributed by atoms with Crippen molar-refractivity contribution in [3.63, 3.8) is 0 Å². The monoisotopic (exact) mass is 410 g/mol. The molecule has 0 aliphatic carbocycles. The van der Waals surface area contributed by atoms with Gasteiger partial charge in [-0.05, 0) is 0 Å². The number of carbonyl (C=O) groups excluding carboxylic acids is 3. The number of rotatable bonds is 5. The average molecular weight is 410 g/mol. The molecule has 1 aliphatic rings. The molecule has 2 aromatic rings. The molecule has 2 aromatic heterocycles. The van der Waals surface area contributed by atoms with Crippen LogP contribution in [0, 0.1) is 0 Å². The predicted octanol–water partition coefficient (Wildman–Crippen LogP) is -1.26. The number of fused-ring (bicyclic) bond motifs is 1. The minimum absolute atomic E-state index is 0.00983. The standard InChI is InChI=1S/C16H18N4O9/c1-6(21)26-4-9-11(27-7(2)22)12(28-8(3)23)15(29-9)20-5-17-10-13(20)18-16(25)19-14(10)24/h5,9,11-12,15H,4H2,1-3H3,(H2,18,19,24,25)/t9-,11+,12-,15+/m0/s1. The van der Waals surface area contributed by atoms with E-state index in [1.807, 2.05) is 4.98 Å². The summed E-state index contributed by atoms with van der Waals surface area (Å²) in [7, 11) is 0. The summed E-state index contributed by atoms with van der Waals surface area (Å²) in [5.41, 5.74) is -1.57. The van der Waals surface area contributed by atoms with Crippen LogP contribution >= 0.6 is 0 Å². The number of hydrogen-bond donors (Lipinski definition) is 2. The van der Waals surface area contributed by atoms with E-state index in [9.17, 15) is 24.0 Å². The number of aromatic nitrogens is 4. The lowest BCUT2D eigenvalue weighted by atomic mass is 10.1. The number of carbonyl (C=O) groups is 3. The molecule has 13 heteroatoms. The van der Waals surface area contributed by atoms with Crippen LogP contribution in [0.1, 0.15) is 27.0 Å². The Balaban J connectivity index is 2.06. The first-order valence-electron chi connectivity index (χ1n) is 8.49. The highest BCUT2D eigenvalue weighted by Gasteiger charge is 2.51. The summed E-state index contributed by atoms with van der Waals surface area (Å²) in [6, 6.07) is 0. The molecule has 13 nitrogen and oxygen atoms in total. The van der Waals surface area contributed by atoms with Gasteiger partial charge in [-0.25, -0.2) is 9.78 Å². The van der Waals surface area contributed by atoms with Crippen molar-refractivity contribution >= 4 is 29.1 Å². The molecule has 1 saturated heterocycles. The van der Waals surface area contributed by atoms with E-state index in [-0.39, 0.29) is 17.8 Å². The Kier molecular flexibility index (Phi) is 5.50. The van der Waals surface area contributed by atoms with Crippen molar-refractivity contribution in [1.82, 2.24) is 19.5 Å². The Labute approximate surface area is 161 Å². The quantitative estimate of drug-likeness (QED) is 0.447. The van der Waals surface area contributed by atoms with Gasteiger partial charge in [-0.15, -0.1) is 0 Å². The molecule has 29 heavy (non-hydrogen) atoms. The van der Waals surface area contributed by atoms with E-state index in [4.69, 9.17) is 18.9 Å². The van der Waals surface area contributed by atoms with Gasteiger partial charge < -0.3 is 18.9 Å². The normalized spacial score (nSPS) is 23.7. The number of hydrogen-bond acceptors (Lipinski definition) is 10. The molecule has 0 unspecified atom stereocenters. The topological polar surface area (TPSA) is 172 Å². The van der Waals surface area contributed by atoms with Crippen LogP contribution in [0.5, 0.6) is 0 Å². The fourth-order valence-corrected chi connectivity index (χ4v) is 3.06. The predicted molar refractivity (Wildman–Crippen MR) is 92.6 cm³/mol. The number of nitrogens with zero attached hydrogens (tertiary/aromatic N) is 2. The van der Waals surface area contributed by atoms with Crippen molar-refractivity contribution in [2.45, 2.75) is 45.3 Å². The highest BCUT2D eigenvalue weighted by atomic mass is 16.7. The second kappa shape index (κ2) is 7.87. The van der Waals surface area contributed by atoms with Crippen LogP contribution in [-0.4, -0.2) is 62.3 Å². The largest absolute Gasteiger partial charge is 0.463 e. The van der Waals surface area contributed by atoms with Crippen molar-refractivity contribution < 1.29 is 33.3 Å². The summed E-state index contributed by atoms with van der Waals surface area (Å²) in [5.74, 6) is -1.96. The number of H-pyrrole nitrogens is 2. The van der Waals surface area contributed by atoms with E-state index in [1.165, 1.54) is 17.8 Å².